The molecule has 0 atom stereocenters. The minimum Gasteiger partial charge on any atom is -0.358 e. The molecule has 0 heterocycles. The van der Waals surface area contributed by atoms with Gasteiger partial charge in [-0.25, -0.2) is 0 Å². The quantitative estimate of drug-likeness (QED) is 0.197. The van der Waals surface area contributed by atoms with Crippen molar-refractivity contribution in [2.24, 2.45) is 0 Å². The predicted molar refractivity (Wildman–Crippen MR) is 192 cm³/mol. The van der Waals surface area contributed by atoms with Gasteiger partial charge in [0.15, 0.2) is 0 Å². The van der Waals surface area contributed by atoms with Crippen LogP contribution in [0.1, 0.15) is 77.5 Å². The topological polar surface area (TPSA) is 0 Å². The number of benzene rings is 3. The van der Waals surface area contributed by atoms with Crippen molar-refractivity contribution in [3.05, 3.63) is 188 Å². The van der Waals surface area contributed by atoms with Gasteiger partial charge in [0, 0.05) is 214 Å². The van der Waals surface area contributed by atoms with E-state index < -0.39 is 0 Å². The van der Waals surface area contributed by atoms with Crippen molar-refractivity contribution in [3.63, 3.8) is 0 Å². The molecule has 0 fully saturated rings. The molecule has 0 spiro atoms. The van der Waals surface area contributed by atoms with E-state index in [2.05, 4.69) is 62.3 Å². The Hall–Kier alpha value is 4.44. The fourth-order valence-electron chi connectivity index (χ4n) is 1.43. The van der Waals surface area contributed by atoms with Crippen molar-refractivity contribution in [1.82, 2.24) is 0 Å². The van der Waals surface area contributed by atoms with Gasteiger partial charge >= 0.3 is 0 Å². The zero-order valence-electron chi connectivity index (χ0n) is 31.9. The summed E-state index contributed by atoms with van der Waals surface area (Å²) in [5, 5.41) is 0. The van der Waals surface area contributed by atoms with Crippen molar-refractivity contribution in [1.29, 1.82) is 0 Å². The van der Waals surface area contributed by atoms with Crippen LogP contribution in [0.3, 0.4) is 0 Å². The van der Waals surface area contributed by atoms with Crippen LogP contribution in [0, 0.1) is 294 Å². The van der Waals surface area contributed by atoms with Crippen LogP contribution < -0.4 is 0 Å². The molecular formula is C38H69La6-11. The van der Waals surface area contributed by atoms with E-state index in [4.69, 9.17) is 0 Å². The molecule has 0 aromatic heterocycles. The van der Waals surface area contributed by atoms with E-state index in [0.29, 0.717) is 0 Å². The monoisotopic (exact) mass is 1360 g/mol. The molecule has 0 saturated heterocycles. The summed E-state index contributed by atoms with van der Waals surface area (Å²) in [5.41, 5.74) is 3.22. The standard InChI is InChI=1S/3C7H7.3C3H8.8CH3.6La/c3*1-7-5-3-2-4-6-7;3*1-3-2;;;;;;;;;;;;;;/h3*2-6H,1H2;3*3H2,1-2H3;8*1H3;;;;;;/q3*-1;;;;8*-1;;;;;;. The SMILES string of the molecule is CCC.CCC.CCC.[CH2-]c1ccccc1.[CH2-]c1ccccc1.[CH2-]c1ccccc1.[CH3-].[CH3-].[CH3-].[CH3-].[CH3-].[CH3-].[CH3-].[CH3-].[La].[La].[La].[La].[La].[La]. The van der Waals surface area contributed by atoms with E-state index in [9.17, 15) is 0 Å². The molecule has 0 unspecified atom stereocenters. The van der Waals surface area contributed by atoms with E-state index >= 15 is 0 Å². The van der Waals surface area contributed by atoms with Crippen molar-refractivity contribution in [3.8, 4) is 0 Å². The van der Waals surface area contributed by atoms with Crippen LogP contribution >= 0.6 is 0 Å². The Bertz CT molecular complexity index is 543. The van der Waals surface area contributed by atoms with Gasteiger partial charge in [0.05, 0.1) is 0 Å². The third-order valence-electron chi connectivity index (χ3n) is 2.53. The summed E-state index contributed by atoms with van der Waals surface area (Å²) < 4.78 is 0. The van der Waals surface area contributed by atoms with E-state index in [1.807, 2.05) is 91.0 Å². The molecule has 6 radical (unpaired) electrons. The maximum atomic E-state index is 3.72. The Morgan fingerprint density at radius 3 is 0.432 bits per heavy atom. The summed E-state index contributed by atoms with van der Waals surface area (Å²) in [4.78, 5) is 0. The normalized spacial score (nSPS) is 5.32. The molecule has 0 aliphatic carbocycles. The van der Waals surface area contributed by atoms with Crippen LogP contribution in [0.2, 0.25) is 0 Å². The minimum atomic E-state index is 0. The first kappa shape index (κ1) is 110. The zero-order chi connectivity index (χ0) is 23.5. The maximum absolute atomic E-state index is 3.72. The van der Waals surface area contributed by atoms with E-state index in [-0.39, 0.29) is 273 Å². The largest absolute Gasteiger partial charge is 0.358 e. The molecule has 0 nitrogen and oxygen atoms in total. The smallest absolute Gasteiger partial charge is 0 e. The molecule has 0 N–H and O–H groups in total. The third kappa shape index (κ3) is 119. The molecule has 0 bridgehead atoms. The molecule has 6 heteroatoms. The van der Waals surface area contributed by atoms with Crippen LogP contribution in [0.4, 0.5) is 0 Å². The average Bonchev–Trinajstić information content (AvgIpc) is 2.73. The number of rotatable bonds is 0. The van der Waals surface area contributed by atoms with E-state index in [0.717, 1.165) is 16.7 Å². The van der Waals surface area contributed by atoms with Crippen LogP contribution in [-0.2, 0) is 0 Å². The molecule has 250 valence electrons. The molecule has 3 aromatic rings. The molecule has 44 heavy (non-hydrogen) atoms. The first-order valence-corrected chi connectivity index (χ1v) is 11.0. The molecule has 0 aliphatic rings. The summed E-state index contributed by atoms with van der Waals surface area (Å²) in [5.74, 6) is 0. The second-order valence-electron chi connectivity index (χ2n) is 6.58. The summed E-state index contributed by atoms with van der Waals surface area (Å²) in [6.45, 7) is 23.9. The Kier molecular flexibility index (Phi) is 259. The second kappa shape index (κ2) is 104. The van der Waals surface area contributed by atoms with Gasteiger partial charge in [-0.05, 0) is 0 Å². The first-order valence-electron chi connectivity index (χ1n) is 11.0. The van der Waals surface area contributed by atoms with Crippen molar-refractivity contribution >= 4 is 0 Å². The summed E-state index contributed by atoms with van der Waals surface area (Å²) in [7, 11) is 0. The van der Waals surface area contributed by atoms with Crippen molar-refractivity contribution in [2.75, 3.05) is 0 Å². The van der Waals surface area contributed by atoms with E-state index in [1.54, 1.807) is 0 Å². The van der Waals surface area contributed by atoms with Gasteiger partial charge in [-0.2, -0.15) is 73.9 Å². The van der Waals surface area contributed by atoms with Gasteiger partial charge in [0.25, 0.3) is 0 Å². The van der Waals surface area contributed by atoms with Crippen molar-refractivity contribution < 1.29 is 214 Å². The van der Waals surface area contributed by atoms with Gasteiger partial charge in [-0.1, -0.05) is 79.0 Å². The molecule has 0 aliphatic heterocycles. The Morgan fingerprint density at radius 2 is 0.386 bits per heavy atom. The van der Waals surface area contributed by atoms with Gasteiger partial charge < -0.3 is 59.4 Å². The Balaban J connectivity index is -0.0000000129. The molecule has 0 amide bonds. The zero-order valence-corrected chi connectivity index (χ0v) is 53.6. The van der Waals surface area contributed by atoms with E-state index in [1.165, 1.54) is 19.3 Å². The van der Waals surface area contributed by atoms with Gasteiger partial charge in [0.2, 0.25) is 0 Å². The van der Waals surface area contributed by atoms with Gasteiger partial charge in [0.1, 0.15) is 0 Å². The first-order chi connectivity index (χ1) is 14.4. The fourth-order valence-corrected chi connectivity index (χ4v) is 1.43. The van der Waals surface area contributed by atoms with Crippen LogP contribution in [0.5, 0.6) is 0 Å². The van der Waals surface area contributed by atoms with Gasteiger partial charge in [-0.15, -0.1) is 36.4 Å². The molecule has 3 aromatic carbocycles. The van der Waals surface area contributed by atoms with Crippen molar-refractivity contribution in [2.45, 2.75) is 60.8 Å². The van der Waals surface area contributed by atoms with Gasteiger partial charge in [-0.3, -0.25) is 0 Å². The van der Waals surface area contributed by atoms with Crippen LogP contribution in [0.25, 0.3) is 0 Å². The second-order valence-corrected chi connectivity index (χ2v) is 6.58. The summed E-state index contributed by atoms with van der Waals surface area (Å²) in [6.07, 6.45) is 3.75. The third-order valence-corrected chi connectivity index (χ3v) is 2.53. The maximum Gasteiger partial charge on any atom is 0 e. The number of hydrogen-bond acceptors (Lipinski definition) is 0. The molecular weight excluding hydrogens is 1290 g/mol. The fraction of sp³-hybridized carbons (Fsp3) is 0.237. The van der Waals surface area contributed by atoms with Crippen LogP contribution in [-0.4, -0.2) is 0 Å². The average molecular weight is 1360 g/mol. The minimum absolute atomic E-state index is 0. The Morgan fingerprint density at radius 1 is 0.295 bits per heavy atom. The Labute approximate surface area is 453 Å². The van der Waals surface area contributed by atoms with Crippen LogP contribution in [0.15, 0.2) is 91.0 Å². The summed E-state index contributed by atoms with van der Waals surface area (Å²) >= 11 is 0. The molecule has 3 rings (SSSR count). The molecule has 0 saturated carbocycles. The number of hydrogen-bond donors (Lipinski definition) is 0. The predicted octanol–water partition coefficient (Wildman–Crippen LogP) is 13.5. The summed E-state index contributed by atoms with van der Waals surface area (Å²) in [6, 6.07) is 29.6.